The van der Waals surface area contributed by atoms with Crippen LogP contribution >= 0.6 is 11.6 Å². The molecular weight excluding hydrogens is 244 g/mol. The van der Waals surface area contributed by atoms with Crippen molar-refractivity contribution in [2.45, 2.75) is 6.54 Å². The van der Waals surface area contributed by atoms with Crippen LogP contribution in [0.5, 0.6) is 0 Å². The number of anilines is 1. The Morgan fingerprint density at radius 2 is 1.67 bits per heavy atom. The van der Waals surface area contributed by atoms with Gasteiger partial charge in [-0.1, -0.05) is 23.7 Å². The molecule has 3 heteroatoms. The topological polar surface area (TPSA) is 27.0 Å². The molecule has 0 spiro atoms. The van der Waals surface area contributed by atoms with Crippen molar-refractivity contribution >= 4 is 17.3 Å². The van der Waals surface area contributed by atoms with E-state index in [1.165, 1.54) is 5.56 Å². The van der Waals surface area contributed by atoms with Gasteiger partial charge in [-0.25, -0.2) is 0 Å². The van der Waals surface area contributed by atoms with E-state index >= 15 is 0 Å². The predicted octanol–water partition coefficient (Wildman–Crippen LogP) is 3.85. The standard InChI is InChI=1S/C15H13ClN2/c1-18(11-13-2-6-14(16)7-3-13)15-8-4-12(10-17)5-9-15/h2-9H,11H2,1H3. The molecule has 0 heterocycles. The van der Waals surface area contributed by atoms with E-state index in [0.29, 0.717) is 5.56 Å². The van der Waals surface area contributed by atoms with E-state index in [-0.39, 0.29) is 0 Å². The summed E-state index contributed by atoms with van der Waals surface area (Å²) in [5.74, 6) is 0. The molecule has 0 saturated heterocycles. The van der Waals surface area contributed by atoms with Gasteiger partial charge in [0.05, 0.1) is 11.6 Å². The summed E-state index contributed by atoms with van der Waals surface area (Å²) in [4.78, 5) is 2.13. The van der Waals surface area contributed by atoms with E-state index in [4.69, 9.17) is 16.9 Å². The first-order valence-corrected chi connectivity index (χ1v) is 6.02. The molecule has 0 aliphatic heterocycles. The van der Waals surface area contributed by atoms with E-state index in [9.17, 15) is 0 Å². The second-order valence-electron chi connectivity index (χ2n) is 4.14. The SMILES string of the molecule is CN(Cc1ccc(Cl)cc1)c1ccc(C#N)cc1. The minimum Gasteiger partial charge on any atom is -0.370 e. The van der Waals surface area contributed by atoms with Crippen LogP contribution in [0.3, 0.4) is 0 Å². The number of hydrogen-bond donors (Lipinski definition) is 0. The third-order valence-corrected chi connectivity index (χ3v) is 3.02. The molecule has 0 atom stereocenters. The zero-order chi connectivity index (χ0) is 13.0. The van der Waals surface area contributed by atoms with Crippen molar-refractivity contribution in [1.29, 1.82) is 5.26 Å². The quantitative estimate of drug-likeness (QED) is 0.834. The van der Waals surface area contributed by atoms with Crippen LogP contribution in [0.4, 0.5) is 5.69 Å². The normalized spacial score (nSPS) is 9.83. The van der Waals surface area contributed by atoms with Crippen molar-refractivity contribution in [2.24, 2.45) is 0 Å². The monoisotopic (exact) mass is 256 g/mol. The Hall–Kier alpha value is -1.98. The highest BCUT2D eigenvalue weighted by atomic mass is 35.5. The molecule has 0 amide bonds. The van der Waals surface area contributed by atoms with Crippen LogP contribution in [0.25, 0.3) is 0 Å². The molecule has 2 aromatic carbocycles. The van der Waals surface area contributed by atoms with Crippen LogP contribution in [0, 0.1) is 11.3 Å². The largest absolute Gasteiger partial charge is 0.370 e. The van der Waals surface area contributed by atoms with Crippen molar-refractivity contribution in [3.05, 3.63) is 64.7 Å². The van der Waals surface area contributed by atoms with E-state index < -0.39 is 0 Å². The summed E-state index contributed by atoms with van der Waals surface area (Å²) < 4.78 is 0. The number of nitrogens with zero attached hydrogens (tertiary/aromatic N) is 2. The Kier molecular flexibility index (Phi) is 3.86. The second-order valence-corrected chi connectivity index (χ2v) is 4.58. The third kappa shape index (κ3) is 3.03. The Morgan fingerprint density at radius 1 is 1.06 bits per heavy atom. The van der Waals surface area contributed by atoms with Crippen LogP contribution in [0.15, 0.2) is 48.5 Å². The highest BCUT2D eigenvalue weighted by Crippen LogP contribution is 2.17. The van der Waals surface area contributed by atoms with E-state index in [1.54, 1.807) is 0 Å². The van der Waals surface area contributed by atoms with Gasteiger partial charge in [-0.3, -0.25) is 0 Å². The van der Waals surface area contributed by atoms with Crippen LogP contribution in [-0.4, -0.2) is 7.05 Å². The maximum Gasteiger partial charge on any atom is 0.0991 e. The van der Waals surface area contributed by atoms with Gasteiger partial charge < -0.3 is 4.90 Å². The van der Waals surface area contributed by atoms with E-state index in [0.717, 1.165) is 17.3 Å². The lowest BCUT2D eigenvalue weighted by molar-refractivity contribution is 0.923. The van der Waals surface area contributed by atoms with Gasteiger partial charge >= 0.3 is 0 Å². The van der Waals surface area contributed by atoms with Gasteiger partial charge in [0.2, 0.25) is 0 Å². The maximum absolute atomic E-state index is 8.75. The first-order valence-electron chi connectivity index (χ1n) is 5.65. The molecule has 2 nitrogen and oxygen atoms in total. The fraction of sp³-hybridized carbons (Fsp3) is 0.133. The lowest BCUT2D eigenvalue weighted by Crippen LogP contribution is -2.16. The molecule has 0 unspecified atom stereocenters. The third-order valence-electron chi connectivity index (χ3n) is 2.77. The van der Waals surface area contributed by atoms with Gasteiger partial charge in [-0.15, -0.1) is 0 Å². The van der Waals surface area contributed by atoms with Crippen LogP contribution in [0.1, 0.15) is 11.1 Å². The van der Waals surface area contributed by atoms with Crippen molar-refractivity contribution in [3.8, 4) is 6.07 Å². The van der Waals surface area contributed by atoms with Gasteiger partial charge in [-0.2, -0.15) is 5.26 Å². The van der Waals surface area contributed by atoms with Gasteiger partial charge in [-0.05, 0) is 42.0 Å². The Balaban J connectivity index is 2.09. The van der Waals surface area contributed by atoms with Crippen LogP contribution in [-0.2, 0) is 6.54 Å². The number of benzene rings is 2. The number of halogens is 1. The molecule has 0 aromatic heterocycles. The fourth-order valence-corrected chi connectivity index (χ4v) is 1.87. The van der Waals surface area contributed by atoms with Crippen molar-refractivity contribution in [2.75, 3.05) is 11.9 Å². The van der Waals surface area contributed by atoms with Gasteiger partial charge in [0.1, 0.15) is 0 Å². The Labute approximate surface area is 112 Å². The molecule has 0 N–H and O–H groups in total. The molecule has 0 aliphatic carbocycles. The summed E-state index contributed by atoms with van der Waals surface area (Å²) in [6.45, 7) is 0.809. The molecule has 18 heavy (non-hydrogen) atoms. The molecular formula is C15H13ClN2. The Morgan fingerprint density at radius 3 is 2.22 bits per heavy atom. The highest BCUT2D eigenvalue weighted by molar-refractivity contribution is 6.30. The minimum atomic E-state index is 0.679. The van der Waals surface area contributed by atoms with Crippen molar-refractivity contribution < 1.29 is 0 Å². The molecule has 2 aromatic rings. The number of nitriles is 1. The van der Waals surface area contributed by atoms with E-state index in [2.05, 4.69) is 11.0 Å². The van der Waals surface area contributed by atoms with Crippen molar-refractivity contribution in [3.63, 3.8) is 0 Å². The summed E-state index contributed by atoms with van der Waals surface area (Å²) >= 11 is 5.85. The van der Waals surface area contributed by atoms with Gasteiger partial charge in [0.15, 0.2) is 0 Å². The van der Waals surface area contributed by atoms with Gasteiger partial charge in [0.25, 0.3) is 0 Å². The summed E-state index contributed by atoms with van der Waals surface area (Å²) in [5, 5.41) is 9.50. The molecule has 0 fully saturated rings. The van der Waals surface area contributed by atoms with Crippen molar-refractivity contribution in [1.82, 2.24) is 0 Å². The smallest absolute Gasteiger partial charge is 0.0991 e. The zero-order valence-corrected chi connectivity index (χ0v) is 10.9. The molecule has 0 aliphatic rings. The molecule has 2 rings (SSSR count). The second kappa shape index (κ2) is 5.57. The first kappa shape index (κ1) is 12.5. The number of rotatable bonds is 3. The summed E-state index contributed by atoms with van der Waals surface area (Å²) in [5.41, 5.74) is 2.97. The van der Waals surface area contributed by atoms with Gasteiger partial charge in [0, 0.05) is 24.3 Å². The summed E-state index contributed by atoms with van der Waals surface area (Å²) in [7, 11) is 2.02. The first-order chi connectivity index (χ1) is 8.69. The molecule has 0 saturated carbocycles. The predicted molar refractivity (Wildman–Crippen MR) is 74.7 cm³/mol. The molecule has 0 radical (unpaired) electrons. The van der Waals surface area contributed by atoms with Crippen LogP contribution in [0.2, 0.25) is 5.02 Å². The molecule has 0 bridgehead atoms. The molecule has 90 valence electrons. The highest BCUT2D eigenvalue weighted by Gasteiger charge is 2.02. The number of hydrogen-bond acceptors (Lipinski definition) is 2. The Bertz CT molecular complexity index is 553. The minimum absolute atomic E-state index is 0.679. The average molecular weight is 257 g/mol. The summed E-state index contributed by atoms with van der Waals surface area (Å²) in [6.07, 6.45) is 0. The fourth-order valence-electron chi connectivity index (χ4n) is 1.75. The lowest BCUT2D eigenvalue weighted by atomic mass is 10.2. The van der Waals surface area contributed by atoms with E-state index in [1.807, 2.05) is 55.6 Å². The van der Waals surface area contributed by atoms with Crippen LogP contribution < -0.4 is 4.90 Å². The lowest BCUT2D eigenvalue weighted by Gasteiger charge is -2.19. The average Bonchev–Trinajstić information content (AvgIpc) is 2.41. The summed E-state index contributed by atoms with van der Waals surface area (Å²) in [6, 6.07) is 17.5. The zero-order valence-electron chi connectivity index (χ0n) is 10.1. The maximum atomic E-state index is 8.75.